The molecule has 100 valence electrons. The lowest BCUT2D eigenvalue weighted by Crippen LogP contribution is -2.27. The third kappa shape index (κ3) is 2.03. The van der Waals surface area contributed by atoms with E-state index < -0.39 is 12.0 Å². The van der Waals surface area contributed by atoms with Crippen LogP contribution in [0.5, 0.6) is 0 Å². The standard InChI is InChI=1S/C15H12N2O3/c18-14(9-4-2-1-3-5-9)12-8-11-13(17-12)10(15(19)20)6-7-16-11/h1-7,12,17H,8H2,(H,19,20). The van der Waals surface area contributed by atoms with Crippen LogP contribution in [0.15, 0.2) is 42.6 Å². The molecule has 1 aliphatic heterocycles. The molecule has 2 heterocycles. The molecule has 1 aliphatic rings. The average molecular weight is 268 g/mol. The molecule has 3 rings (SSSR count). The number of ketones is 1. The summed E-state index contributed by atoms with van der Waals surface area (Å²) in [5.41, 5.74) is 1.83. The molecular weight excluding hydrogens is 256 g/mol. The van der Waals surface area contributed by atoms with E-state index in [4.69, 9.17) is 5.11 Å². The molecule has 0 amide bonds. The first-order valence-electron chi connectivity index (χ1n) is 6.24. The number of carboxylic acids is 1. The molecule has 2 aromatic rings. The molecular formula is C15H12N2O3. The number of nitrogens with one attached hydrogen (secondary N) is 1. The molecule has 0 fully saturated rings. The Balaban J connectivity index is 1.90. The summed E-state index contributed by atoms with van der Waals surface area (Å²) in [5, 5.41) is 12.1. The van der Waals surface area contributed by atoms with Crippen molar-refractivity contribution in [1.82, 2.24) is 4.98 Å². The van der Waals surface area contributed by atoms with Crippen molar-refractivity contribution in [2.75, 3.05) is 5.32 Å². The monoisotopic (exact) mass is 268 g/mol. The molecule has 1 unspecified atom stereocenters. The second-order valence-electron chi connectivity index (χ2n) is 4.62. The number of nitrogens with zero attached hydrogens (tertiary/aromatic N) is 1. The number of hydrogen-bond acceptors (Lipinski definition) is 4. The highest BCUT2D eigenvalue weighted by molar-refractivity contribution is 6.04. The van der Waals surface area contributed by atoms with Crippen LogP contribution in [0.4, 0.5) is 5.69 Å². The van der Waals surface area contributed by atoms with Crippen molar-refractivity contribution in [2.24, 2.45) is 0 Å². The Bertz CT molecular complexity index is 683. The fourth-order valence-corrected chi connectivity index (χ4v) is 2.38. The van der Waals surface area contributed by atoms with Crippen LogP contribution in [0, 0.1) is 0 Å². The van der Waals surface area contributed by atoms with Crippen molar-refractivity contribution in [3.8, 4) is 0 Å². The van der Waals surface area contributed by atoms with Crippen molar-refractivity contribution in [3.63, 3.8) is 0 Å². The third-order valence-corrected chi connectivity index (χ3v) is 3.35. The summed E-state index contributed by atoms with van der Waals surface area (Å²) in [6, 6.07) is 9.92. The van der Waals surface area contributed by atoms with Crippen LogP contribution < -0.4 is 5.32 Å². The van der Waals surface area contributed by atoms with Crippen molar-refractivity contribution in [1.29, 1.82) is 0 Å². The van der Waals surface area contributed by atoms with Gasteiger partial charge in [0.05, 0.1) is 23.0 Å². The molecule has 1 aromatic heterocycles. The summed E-state index contributed by atoms with van der Waals surface area (Å²) in [6.07, 6.45) is 1.86. The zero-order valence-corrected chi connectivity index (χ0v) is 10.5. The maximum absolute atomic E-state index is 12.4. The van der Waals surface area contributed by atoms with E-state index in [0.717, 1.165) is 0 Å². The molecule has 5 heteroatoms. The number of pyridine rings is 1. The first-order chi connectivity index (χ1) is 9.66. The fraction of sp³-hybridized carbons (Fsp3) is 0.133. The molecule has 0 spiro atoms. The fourth-order valence-electron chi connectivity index (χ4n) is 2.38. The normalized spacial score (nSPS) is 16.3. The summed E-state index contributed by atoms with van der Waals surface area (Å²) < 4.78 is 0. The van der Waals surface area contributed by atoms with Gasteiger partial charge in [-0.05, 0) is 6.07 Å². The second-order valence-corrected chi connectivity index (χ2v) is 4.62. The smallest absolute Gasteiger partial charge is 0.337 e. The van der Waals surface area contributed by atoms with Crippen molar-refractivity contribution >= 4 is 17.4 Å². The van der Waals surface area contributed by atoms with Crippen LogP contribution in [0.3, 0.4) is 0 Å². The number of aromatic nitrogens is 1. The highest BCUT2D eigenvalue weighted by atomic mass is 16.4. The van der Waals surface area contributed by atoms with Crippen molar-refractivity contribution in [2.45, 2.75) is 12.5 Å². The van der Waals surface area contributed by atoms with E-state index in [1.54, 1.807) is 24.3 Å². The second kappa shape index (κ2) is 4.77. The molecule has 5 nitrogen and oxygen atoms in total. The summed E-state index contributed by atoms with van der Waals surface area (Å²) >= 11 is 0. The number of hydrogen-bond donors (Lipinski definition) is 2. The third-order valence-electron chi connectivity index (χ3n) is 3.35. The summed E-state index contributed by atoms with van der Waals surface area (Å²) in [4.78, 5) is 27.7. The van der Waals surface area contributed by atoms with Crippen LogP contribution in [-0.2, 0) is 6.42 Å². The van der Waals surface area contributed by atoms with Crippen LogP contribution in [0.25, 0.3) is 0 Å². The molecule has 1 atom stereocenters. The van der Waals surface area contributed by atoms with E-state index in [0.29, 0.717) is 23.4 Å². The minimum atomic E-state index is -1.02. The zero-order chi connectivity index (χ0) is 14.1. The van der Waals surface area contributed by atoms with Gasteiger partial charge < -0.3 is 10.4 Å². The number of benzene rings is 1. The van der Waals surface area contributed by atoms with Crippen LogP contribution in [-0.4, -0.2) is 27.9 Å². The van der Waals surface area contributed by atoms with Crippen LogP contribution in [0.1, 0.15) is 26.4 Å². The van der Waals surface area contributed by atoms with Gasteiger partial charge in [-0.15, -0.1) is 0 Å². The summed E-state index contributed by atoms with van der Waals surface area (Å²) in [6.45, 7) is 0. The van der Waals surface area contributed by atoms with Gasteiger partial charge in [-0.3, -0.25) is 9.78 Å². The van der Waals surface area contributed by atoms with Gasteiger partial charge in [0.1, 0.15) is 0 Å². The Morgan fingerprint density at radius 2 is 1.95 bits per heavy atom. The van der Waals surface area contributed by atoms with Crippen molar-refractivity contribution < 1.29 is 14.7 Å². The Hall–Kier alpha value is -2.69. The number of fused-ring (bicyclic) bond motifs is 1. The lowest BCUT2D eigenvalue weighted by Gasteiger charge is -2.10. The van der Waals surface area contributed by atoms with Gasteiger partial charge in [-0.2, -0.15) is 0 Å². The number of carbonyl (C=O) groups excluding carboxylic acids is 1. The highest BCUT2D eigenvalue weighted by Gasteiger charge is 2.31. The van der Waals surface area contributed by atoms with Crippen LogP contribution in [0.2, 0.25) is 0 Å². The minimum absolute atomic E-state index is 0.0556. The lowest BCUT2D eigenvalue weighted by atomic mass is 10.0. The highest BCUT2D eigenvalue weighted by Crippen LogP contribution is 2.29. The Kier molecular flexibility index (Phi) is 2.95. The first kappa shape index (κ1) is 12.3. The van der Waals surface area contributed by atoms with Gasteiger partial charge in [0.15, 0.2) is 5.78 Å². The summed E-state index contributed by atoms with van der Waals surface area (Å²) in [5.74, 6) is -1.08. The minimum Gasteiger partial charge on any atom is -0.478 e. The molecule has 0 saturated carbocycles. The molecule has 2 N–H and O–H groups in total. The van der Waals surface area contributed by atoms with Gasteiger partial charge in [0, 0.05) is 18.2 Å². The average Bonchev–Trinajstić information content (AvgIpc) is 2.90. The number of Topliss-reactive ketones (excluding diaryl/α,β-unsaturated/α-hetero) is 1. The maximum atomic E-state index is 12.4. The van der Waals surface area contributed by atoms with Crippen LogP contribution >= 0.6 is 0 Å². The van der Waals surface area contributed by atoms with E-state index in [-0.39, 0.29) is 11.3 Å². The molecule has 0 radical (unpaired) electrons. The van der Waals surface area contributed by atoms with Gasteiger partial charge in [-0.25, -0.2) is 4.79 Å². The van der Waals surface area contributed by atoms with E-state index >= 15 is 0 Å². The molecule has 0 aliphatic carbocycles. The summed E-state index contributed by atoms with van der Waals surface area (Å²) in [7, 11) is 0. The van der Waals surface area contributed by atoms with Crippen molar-refractivity contribution in [3.05, 3.63) is 59.4 Å². The number of carboxylic acid groups (broad SMARTS) is 1. The molecule has 1 aromatic carbocycles. The topological polar surface area (TPSA) is 79.3 Å². The van der Waals surface area contributed by atoms with Gasteiger partial charge in [0.2, 0.25) is 0 Å². The Morgan fingerprint density at radius 1 is 1.20 bits per heavy atom. The quantitative estimate of drug-likeness (QED) is 0.832. The molecule has 20 heavy (non-hydrogen) atoms. The SMILES string of the molecule is O=C(O)c1ccnc2c1NC(C(=O)c1ccccc1)C2. The maximum Gasteiger partial charge on any atom is 0.337 e. The van der Waals surface area contributed by atoms with Gasteiger partial charge >= 0.3 is 5.97 Å². The molecule has 0 saturated heterocycles. The zero-order valence-electron chi connectivity index (χ0n) is 10.5. The van der Waals surface area contributed by atoms with Gasteiger partial charge in [-0.1, -0.05) is 30.3 Å². The predicted octanol–water partition coefficient (Wildman–Crippen LogP) is 2.00. The van der Waals surface area contributed by atoms with Gasteiger partial charge in [0.25, 0.3) is 0 Å². The van der Waals surface area contributed by atoms with E-state index in [1.807, 2.05) is 6.07 Å². The lowest BCUT2D eigenvalue weighted by molar-refractivity contribution is 0.0697. The Labute approximate surface area is 115 Å². The number of anilines is 1. The number of aromatic carboxylic acids is 1. The first-order valence-corrected chi connectivity index (χ1v) is 6.24. The predicted molar refractivity (Wildman–Crippen MR) is 73.1 cm³/mol. The Morgan fingerprint density at radius 3 is 2.65 bits per heavy atom. The van der Waals surface area contributed by atoms with E-state index in [1.165, 1.54) is 12.3 Å². The number of rotatable bonds is 3. The largest absolute Gasteiger partial charge is 0.478 e. The van der Waals surface area contributed by atoms with E-state index in [2.05, 4.69) is 10.3 Å². The van der Waals surface area contributed by atoms with E-state index in [9.17, 15) is 9.59 Å². The number of carbonyl (C=O) groups is 2. The molecule has 0 bridgehead atoms.